The van der Waals surface area contributed by atoms with Gasteiger partial charge in [-0.05, 0) is 31.5 Å². The summed E-state index contributed by atoms with van der Waals surface area (Å²) in [5.41, 5.74) is 5.37. The molecule has 0 saturated heterocycles. The number of rotatable bonds is 5. The minimum atomic E-state index is 0.771. The average molecular weight is 205 g/mol. The monoisotopic (exact) mass is 204 g/mol. The van der Waals surface area contributed by atoms with Crippen LogP contribution in [0.1, 0.15) is 12.8 Å². The fraction of sp³-hybridized carbons (Fsp3) is 0.500. The zero-order chi connectivity index (χ0) is 8.81. The standard InChI is InChI=1S/C8H13ClN2S/c9-7-3-4-8(12-7)11-6-2-1-5-10/h3-4,11H,1-2,5-6,10H2. The molecule has 2 nitrogen and oxygen atoms in total. The topological polar surface area (TPSA) is 38.0 Å². The molecule has 0 radical (unpaired) electrons. The van der Waals surface area contributed by atoms with Crippen LogP contribution < -0.4 is 11.1 Å². The Labute approximate surface area is 81.7 Å². The maximum Gasteiger partial charge on any atom is 0.0950 e. The molecule has 0 fully saturated rings. The Bertz CT molecular complexity index is 225. The molecule has 0 aliphatic heterocycles. The molecular formula is C8H13ClN2S. The molecule has 1 rings (SSSR count). The predicted octanol–water partition coefficient (Wildman–Crippen LogP) is 2.55. The molecule has 0 spiro atoms. The van der Waals surface area contributed by atoms with Crippen LogP contribution in [0.5, 0.6) is 0 Å². The van der Waals surface area contributed by atoms with Crippen LogP contribution in [0.25, 0.3) is 0 Å². The first-order valence-corrected chi connectivity index (χ1v) is 5.21. The van der Waals surface area contributed by atoms with Crippen molar-refractivity contribution in [2.75, 3.05) is 18.4 Å². The second-order valence-electron chi connectivity index (χ2n) is 2.53. The average Bonchev–Trinajstić information content (AvgIpc) is 2.45. The number of thiophene rings is 1. The van der Waals surface area contributed by atoms with E-state index in [-0.39, 0.29) is 0 Å². The van der Waals surface area contributed by atoms with E-state index in [1.54, 1.807) is 11.3 Å². The quantitative estimate of drug-likeness (QED) is 0.724. The maximum absolute atomic E-state index is 5.76. The molecule has 0 bridgehead atoms. The number of halogens is 1. The Morgan fingerprint density at radius 2 is 2.25 bits per heavy atom. The minimum absolute atomic E-state index is 0.771. The van der Waals surface area contributed by atoms with E-state index < -0.39 is 0 Å². The van der Waals surface area contributed by atoms with Gasteiger partial charge in [-0.2, -0.15) is 0 Å². The van der Waals surface area contributed by atoms with Crippen molar-refractivity contribution in [2.24, 2.45) is 5.73 Å². The van der Waals surface area contributed by atoms with Gasteiger partial charge in [0, 0.05) is 6.54 Å². The van der Waals surface area contributed by atoms with Gasteiger partial charge in [0.05, 0.1) is 9.34 Å². The van der Waals surface area contributed by atoms with E-state index in [9.17, 15) is 0 Å². The van der Waals surface area contributed by atoms with E-state index in [1.807, 2.05) is 12.1 Å². The van der Waals surface area contributed by atoms with E-state index in [0.29, 0.717) is 0 Å². The summed E-state index contributed by atoms with van der Waals surface area (Å²) in [6.07, 6.45) is 2.19. The lowest BCUT2D eigenvalue weighted by Crippen LogP contribution is -2.04. The maximum atomic E-state index is 5.76. The van der Waals surface area contributed by atoms with Crippen LogP contribution in [-0.4, -0.2) is 13.1 Å². The van der Waals surface area contributed by atoms with Crippen LogP contribution in [0.15, 0.2) is 12.1 Å². The van der Waals surface area contributed by atoms with E-state index in [4.69, 9.17) is 17.3 Å². The van der Waals surface area contributed by atoms with Crippen molar-refractivity contribution in [2.45, 2.75) is 12.8 Å². The van der Waals surface area contributed by atoms with Crippen LogP contribution in [0.2, 0.25) is 4.34 Å². The summed E-state index contributed by atoms with van der Waals surface area (Å²) >= 11 is 7.33. The molecule has 1 aromatic heterocycles. The van der Waals surface area contributed by atoms with Crippen LogP contribution in [0, 0.1) is 0 Å². The molecule has 0 aromatic carbocycles. The van der Waals surface area contributed by atoms with Gasteiger partial charge >= 0.3 is 0 Å². The van der Waals surface area contributed by atoms with Crippen LogP contribution >= 0.6 is 22.9 Å². The second-order valence-corrected chi connectivity index (χ2v) is 4.24. The van der Waals surface area contributed by atoms with Gasteiger partial charge in [0.25, 0.3) is 0 Å². The summed E-state index contributed by atoms with van der Waals surface area (Å²) in [4.78, 5) is 0. The van der Waals surface area contributed by atoms with Crippen LogP contribution in [0.4, 0.5) is 5.00 Å². The lowest BCUT2D eigenvalue weighted by molar-refractivity contribution is 0.775. The van der Waals surface area contributed by atoms with Crippen molar-refractivity contribution in [3.05, 3.63) is 16.5 Å². The van der Waals surface area contributed by atoms with Gasteiger partial charge in [-0.1, -0.05) is 11.6 Å². The summed E-state index contributed by atoms with van der Waals surface area (Å²) in [6, 6.07) is 3.90. The number of hydrogen-bond acceptors (Lipinski definition) is 3. The zero-order valence-electron chi connectivity index (χ0n) is 6.85. The van der Waals surface area contributed by atoms with Gasteiger partial charge in [0.1, 0.15) is 0 Å². The molecule has 0 unspecified atom stereocenters. The minimum Gasteiger partial charge on any atom is -0.377 e. The van der Waals surface area contributed by atoms with E-state index in [2.05, 4.69) is 5.32 Å². The van der Waals surface area contributed by atoms with Gasteiger partial charge in [-0.3, -0.25) is 0 Å². The second kappa shape index (κ2) is 5.41. The molecule has 1 heterocycles. The van der Waals surface area contributed by atoms with Crippen molar-refractivity contribution in [1.29, 1.82) is 0 Å². The van der Waals surface area contributed by atoms with Crippen molar-refractivity contribution >= 4 is 27.9 Å². The fourth-order valence-electron chi connectivity index (χ4n) is 0.890. The van der Waals surface area contributed by atoms with Crippen molar-refractivity contribution in [1.82, 2.24) is 0 Å². The van der Waals surface area contributed by atoms with Gasteiger partial charge < -0.3 is 11.1 Å². The van der Waals surface area contributed by atoms with Crippen LogP contribution in [0.3, 0.4) is 0 Å². The van der Waals surface area contributed by atoms with E-state index >= 15 is 0 Å². The number of unbranched alkanes of at least 4 members (excludes halogenated alkanes) is 1. The number of nitrogens with one attached hydrogen (secondary N) is 1. The van der Waals surface area contributed by atoms with Gasteiger partial charge in [-0.15, -0.1) is 11.3 Å². The molecule has 0 aliphatic carbocycles. The highest BCUT2D eigenvalue weighted by Crippen LogP contribution is 2.25. The highest BCUT2D eigenvalue weighted by atomic mass is 35.5. The zero-order valence-corrected chi connectivity index (χ0v) is 8.42. The third kappa shape index (κ3) is 3.43. The summed E-state index contributed by atoms with van der Waals surface area (Å²) in [5, 5.41) is 4.41. The predicted molar refractivity (Wildman–Crippen MR) is 56.1 cm³/mol. The van der Waals surface area contributed by atoms with Crippen molar-refractivity contribution in [3.8, 4) is 0 Å². The first kappa shape index (κ1) is 9.84. The Hall–Kier alpha value is -0.250. The number of nitrogens with two attached hydrogens (primary N) is 1. The Kier molecular flexibility index (Phi) is 4.43. The highest BCUT2D eigenvalue weighted by Gasteiger charge is 1.95. The van der Waals surface area contributed by atoms with E-state index in [1.165, 1.54) is 0 Å². The lowest BCUT2D eigenvalue weighted by Gasteiger charge is -2.00. The summed E-state index contributed by atoms with van der Waals surface area (Å²) in [7, 11) is 0. The molecule has 0 atom stereocenters. The normalized spacial score (nSPS) is 10.2. The SMILES string of the molecule is NCCCCNc1ccc(Cl)s1. The molecule has 68 valence electrons. The summed E-state index contributed by atoms with van der Waals surface area (Å²) in [6.45, 7) is 1.75. The first-order chi connectivity index (χ1) is 5.83. The van der Waals surface area contributed by atoms with Crippen LogP contribution in [-0.2, 0) is 0 Å². The number of hydrogen-bond donors (Lipinski definition) is 2. The van der Waals surface area contributed by atoms with Gasteiger partial charge in [0.2, 0.25) is 0 Å². The Morgan fingerprint density at radius 1 is 1.42 bits per heavy atom. The Balaban J connectivity index is 2.15. The largest absolute Gasteiger partial charge is 0.377 e. The summed E-state index contributed by atoms with van der Waals surface area (Å²) < 4.78 is 0.830. The molecule has 1 aromatic rings. The smallest absolute Gasteiger partial charge is 0.0950 e. The Morgan fingerprint density at radius 3 is 2.83 bits per heavy atom. The molecule has 0 amide bonds. The highest BCUT2D eigenvalue weighted by molar-refractivity contribution is 7.19. The molecule has 12 heavy (non-hydrogen) atoms. The molecule has 3 N–H and O–H groups in total. The molecule has 0 aliphatic rings. The molecule has 4 heteroatoms. The first-order valence-electron chi connectivity index (χ1n) is 4.02. The fourth-order valence-corrected chi connectivity index (χ4v) is 1.86. The summed E-state index contributed by atoms with van der Waals surface area (Å²) in [5.74, 6) is 0. The lowest BCUT2D eigenvalue weighted by atomic mass is 10.3. The number of anilines is 1. The molecule has 0 saturated carbocycles. The van der Waals surface area contributed by atoms with Crippen molar-refractivity contribution in [3.63, 3.8) is 0 Å². The third-order valence-electron chi connectivity index (χ3n) is 1.50. The van der Waals surface area contributed by atoms with Crippen molar-refractivity contribution < 1.29 is 0 Å². The molecular weight excluding hydrogens is 192 g/mol. The van der Waals surface area contributed by atoms with Gasteiger partial charge in [-0.25, -0.2) is 0 Å². The van der Waals surface area contributed by atoms with E-state index in [0.717, 1.165) is 35.3 Å². The van der Waals surface area contributed by atoms with Gasteiger partial charge in [0.15, 0.2) is 0 Å². The third-order valence-corrected chi connectivity index (χ3v) is 2.69.